The standard InChI is InChI=1S/C46H59ClN4O8S2Si/c1-44(2,3)62(7,8)59-37(31-13-15-35(52)42-32(31)14-16-40(53)50-42)28-48-27-29-25-33(47)34(26-36(29)57-6)49-41(54)19-22-51(5)30-17-20-45(4,21-18-30)58-43(55)46(56,38-11-9-23-60-38)39-12-10-24-61-39/h9-16,23-26,30,37,48,52,56H,17-22,27-28H2,1-8H3,(H,49,54)(H,50,53)/t30?,37-,45?/m1/s1. The number of methoxy groups -OCH3 is 1. The van der Waals surface area contributed by atoms with Gasteiger partial charge in [0.1, 0.15) is 17.1 Å². The van der Waals surface area contributed by atoms with Crippen LogP contribution >= 0.6 is 34.3 Å². The fourth-order valence-corrected chi connectivity index (χ4v) is 10.9. The number of H-pyrrole nitrogens is 1. The molecule has 0 unspecified atom stereocenters. The third-order valence-corrected chi connectivity index (χ3v) is 19.3. The van der Waals surface area contributed by atoms with Crippen molar-refractivity contribution in [2.75, 3.05) is 32.6 Å². The van der Waals surface area contributed by atoms with Crippen LogP contribution in [0.15, 0.2) is 76.2 Å². The predicted molar refractivity (Wildman–Crippen MR) is 251 cm³/mol. The minimum Gasteiger partial charge on any atom is -0.506 e. The van der Waals surface area contributed by atoms with Crippen LogP contribution in [0.2, 0.25) is 23.2 Å². The van der Waals surface area contributed by atoms with E-state index in [1.807, 2.05) is 42.9 Å². The molecular formula is C46H59ClN4O8S2Si. The number of carbonyl (C=O) groups excluding carboxylic acids is 2. The summed E-state index contributed by atoms with van der Waals surface area (Å²) in [6, 6.07) is 17.4. The molecule has 16 heteroatoms. The minimum absolute atomic E-state index is 0.0104. The number of hydrogen-bond donors (Lipinski definition) is 5. The lowest BCUT2D eigenvalue weighted by Gasteiger charge is -2.41. The summed E-state index contributed by atoms with van der Waals surface area (Å²) in [5.41, 5.74) is -0.432. The molecule has 12 nitrogen and oxygen atoms in total. The van der Waals surface area contributed by atoms with E-state index < -0.39 is 31.6 Å². The molecule has 0 bridgehead atoms. The number of pyridine rings is 1. The van der Waals surface area contributed by atoms with Gasteiger partial charge >= 0.3 is 5.97 Å². The molecular weight excluding hydrogens is 864 g/mol. The van der Waals surface area contributed by atoms with Gasteiger partial charge in [0.2, 0.25) is 17.1 Å². The Bertz CT molecular complexity index is 2360. The lowest BCUT2D eigenvalue weighted by Crippen LogP contribution is -2.47. The predicted octanol–water partition coefficient (Wildman–Crippen LogP) is 9.31. The second kappa shape index (κ2) is 19.4. The van der Waals surface area contributed by atoms with Crippen LogP contribution in [0.5, 0.6) is 11.5 Å². The van der Waals surface area contributed by atoms with Crippen molar-refractivity contribution in [1.82, 2.24) is 15.2 Å². The van der Waals surface area contributed by atoms with Crippen LogP contribution in [0.4, 0.5) is 5.69 Å². The molecule has 6 rings (SSSR count). The first kappa shape index (κ1) is 47.4. The number of aliphatic hydroxyl groups is 1. The second-order valence-corrected chi connectivity index (χ2v) is 25.0. The van der Waals surface area contributed by atoms with E-state index in [1.165, 1.54) is 28.7 Å². The highest BCUT2D eigenvalue weighted by Gasteiger charge is 2.47. The molecule has 5 aromatic rings. The van der Waals surface area contributed by atoms with Crippen molar-refractivity contribution >= 4 is 71.1 Å². The van der Waals surface area contributed by atoms with Crippen molar-refractivity contribution in [2.45, 2.75) is 108 Å². The number of nitrogens with zero attached hydrogens (tertiary/aromatic N) is 1. The first-order valence-corrected chi connectivity index (χ1v) is 25.9. The number of rotatable bonds is 17. The summed E-state index contributed by atoms with van der Waals surface area (Å²) in [7, 11) is 1.29. The van der Waals surface area contributed by atoms with E-state index in [1.54, 1.807) is 43.5 Å². The quantitative estimate of drug-likeness (QED) is 0.0449. The molecule has 1 fully saturated rings. The number of nitrogens with one attached hydrogen (secondary N) is 3. The number of anilines is 1. The molecule has 1 amide bonds. The third-order valence-electron chi connectivity index (χ3n) is 12.5. The fourth-order valence-electron chi connectivity index (χ4n) is 7.66. The molecule has 0 radical (unpaired) electrons. The number of phenolic OH excluding ortho intramolecular Hbond substituents is 1. The maximum absolute atomic E-state index is 13.7. The van der Waals surface area contributed by atoms with Crippen LogP contribution < -0.4 is 20.9 Å². The Labute approximate surface area is 377 Å². The molecule has 1 aliphatic rings. The zero-order valence-electron chi connectivity index (χ0n) is 36.7. The molecule has 3 heterocycles. The third kappa shape index (κ3) is 10.6. The van der Waals surface area contributed by atoms with Crippen molar-refractivity contribution in [3.63, 3.8) is 0 Å². The van der Waals surface area contributed by atoms with Crippen molar-refractivity contribution in [2.24, 2.45) is 0 Å². The highest BCUT2D eigenvalue weighted by atomic mass is 35.5. The van der Waals surface area contributed by atoms with Gasteiger partial charge in [-0.15, -0.1) is 22.7 Å². The molecule has 0 saturated heterocycles. The number of ether oxygens (including phenoxy) is 2. The van der Waals surface area contributed by atoms with Crippen LogP contribution in [0, 0.1) is 0 Å². The first-order valence-electron chi connectivity index (χ1n) is 20.9. The highest BCUT2D eigenvalue weighted by Crippen LogP contribution is 2.43. The largest absolute Gasteiger partial charge is 0.506 e. The number of benzene rings is 2. The number of hydrogen-bond acceptors (Lipinski definition) is 12. The normalized spacial score (nSPS) is 17.9. The number of amides is 1. The van der Waals surface area contributed by atoms with Crippen molar-refractivity contribution in [3.8, 4) is 11.5 Å². The molecule has 5 N–H and O–H groups in total. The maximum atomic E-state index is 13.7. The number of carbonyl (C=O) groups is 2. The maximum Gasteiger partial charge on any atom is 0.349 e. The summed E-state index contributed by atoms with van der Waals surface area (Å²) >= 11 is 9.42. The van der Waals surface area contributed by atoms with Crippen LogP contribution in [-0.2, 0) is 30.9 Å². The minimum atomic E-state index is -2.29. The van der Waals surface area contributed by atoms with E-state index in [0.717, 1.165) is 24.0 Å². The van der Waals surface area contributed by atoms with Gasteiger partial charge in [-0.2, -0.15) is 0 Å². The fraction of sp³-hybridized carbons (Fsp3) is 0.457. The van der Waals surface area contributed by atoms with E-state index in [0.29, 0.717) is 69.6 Å². The van der Waals surface area contributed by atoms with Crippen LogP contribution in [0.1, 0.15) is 86.8 Å². The van der Waals surface area contributed by atoms with Crippen molar-refractivity contribution < 1.29 is 33.7 Å². The number of esters is 1. The Morgan fingerprint density at radius 1 is 1.05 bits per heavy atom. The van der Waals surface area contributed by atoms with Gasteiger partial charge in [-0.25, -0.2) is 4.79 Å². The van der Waals surface area contributed by atoms with Gasteiger partial charge in [-0.05, 0) is 104 Å². The molecule has 1 aliphatic carbocycles. The average molecular weight is 924 g/mol. The van der Waals surface area contributed by atoms with Gasteiger partial charge in [0.15, 0.2) is 8.32 Å². The molecule has 334 valence electrons. The number of phenols is 1. The Kier molecular flexibility index (Phi) is 14.8. The summed E-state index contributed by atoms with van der Waals surface area (Å²) in [5.74, 6) is -0.299. The lowest BCUT2D eigenvalue weighted by molar-refractivity contribution is -0.180. The van der Waals surface area contributed by atoms with Gasteiger partial charge in [0, 0.05) is 55.2 Å². The van der Waals surface area contributed by atoms with Gasteiger partial charge < -0.3 is 44.6 Å². The molecule has 1 atom stereocenters. The van der Waals surface area contributed by atoms with Crippen molar-refractivity contribution in [1.29, 1.82) is 0 Å². The Morgan fingerprint density at radius 2 is 1.71 bits per heavy atom. The average Bonchev–Trinajstić information content (AvgIpc) is 3.97. The second-order valence-electron chi connectivity index (χ2n) is 17.9. The summed E-state index contributed by atoms with van der Waals surface area (Å²) < 4.78 is 18.8. The molecule has 1 saturated carbocycles. The highest BCUT2D eigenvalue weighted by molar-refractivity contribution is 7.12. The van der Waals surface area contributed by atoms with Gasteiger partial charge in [0.25, 0.3) is 0 Å². The van der Waals surface area contributed by atoms with E-state index in [2.05, 4.69) is 54.4 Å². The van der Waals surface area contributed by atoms with Crippen LogP contribution in [0.25, 0.3) is 10.9 Å². The van der Waals surface area contributed by atoms with E-state index in [4.69, 9.17) is 25.5 Å². The monoisotopic (exact) mass is 922 g/mol. The summed E-state index contributed by atoms with van der Waals surface area (Å²) in [6.45, 7) is 14.2. The molecule has 2 aromatic carbocycles. The summed E-state index contributed by atoms with van der Waals surface area (Å²) in [5, 5.41) is 33.5. The topological polar surface area (TPSA) is 162 Å². The smallest absolute Gasteiger partial charge is 0.349 e. The zero-order valence-corrected chi connectivity index (χ0v) is 40.1. The van der Waals surface area contributed by atoms with Gasteiger partial charge in [0.05, 0.1) is 39.2 Å². The van der Waals surface area contributed by atoms with Gasteiger partial charge in [-0.1, -0.05) is 50.6 Å². The van der Waals surface area contributed by atoms with E-state index in [9.17, 15) is 24.6 Å². The Morgan fingerprint density at radius 3 is 2.31 bits per heavy atom. The van der Waals surface area contributed by atoms with Gasteiger partial charge in [-0.3, -0.25) is 9.59 Å². The number of aromatic hydroxyl groups is 1. The summed E-state index contributed by atoms with van der Waals surface area (Å²) in [4.78, 5) is 45.1. The lowest BCUT2D eigenvalue weighted by atomic mass is 9.82. The number of aromatic amines is 1. The number of halogens is 1. The summed E-state index contributed by atoms with van der Waals surface area (Å²) in [6.07, 6.45) is 2.63. The zero-order chi connectivity index (χ0) is 45.0. The number of fused-ring (bicyclic) bond motifs is 1. The Hall–Kier alpha value is -4.06. The van der Waals surface area contributed by atoms with E-state index >= 15 is 0 Å². The SMILES string of the molecule is COc1cc(NC(=O)CCN(C)C2CCC(C)(OC(=O)C(O)(c3cccs3)c3cccs3)CC2)c(Cl)cc1CNC[C@@H](O[Si](C)(C)C(C)(C)C)c1ccc(O)c2[nH]c(=O)ccc12. The van der Waals surface area contributed by atoms with Crippen LogP contribution in [-0.4, -0.2) is 79.2 Å². The first-order chi connectivity index (χ1) is 29.2. The number of aromatic nitrogens is 1. The molecule has 62 heavy (non-hydrogen) atoms. The Balaban J connectivity index is 1.04. The molecule has 3 aromatic heterocycles. The number of thiophene rings is 2. The van der Waals surface area contributed by atoms with Crippen LogP contribution in [0.3, 0.4) is 0 Å². The van der Waals surface area contributed by atoms with E-state index in [-0.39, 0.29) is 34.7 Å². The molecule has 0 spiro atoms. The molecule has 0 aliphatic heterocycles. The van der Waals surface area contributed by atoms with Crippen molar-refractivity contribution in [3.05, 3.63) is 108 Å².